The lowest BCUT2D eigenvalue weighted by atomic mass is 10.0. The number of rotatable bonds is 4. The first-order chi connectivity index (χ1) is 14.4. The molecule has 3 aromatic rings. The van der Waals surface area contributed by atoms with Crippen molar-refractivity contribution in [1.29, 1.82) is 0 Å². The van der Waals surface area contributed by atoms with Crippen LogP contribution in [0.25, 0.3) is 22.4 Å². The van der Waals surface area contributed by atoms with Crippen molar-refractivity contribution < 1.29 is 12.8 Å². The third-order valence-corrected chi connectivity index (χ3v) is 7.21. The predicted octanol–water partition coefficient (Wildman–Crippen LogP) is 2.51. The van der Waals surface area contributed by atoms with Gasteiger partial charge in [-0.1, -0.05) is 24.3 Å². The van der Waals surface area contributed by atoms with Crippen LogP contribution in [-0.2, 0) is 10.0 Å². The molecule has 1 aliphatic heterocycles. The summed E-state index contributed by atoms with van der Waals surface area (Å²) in [5, 5.41) is 3.19. The first-order valence-corrected chi connectivity index (χ1v) is 11.0. The normalized spacial score (nSPS) is 17.7. The second kappa shape index (κ2) is 8.10. The molecule has 0 bridgehead atoms. The molecular weight excluding hydrogens is 405 g/mol. The van der Waals surface area contributed by atoms with E-state index in [-0.39, 0.29) is 22.3 Å². The summed E-state index contributed by atoms with van der Waals surface area (Å²) in [4.78, 5) is 8.21. The largest absolute Gasteiger partial charge is 0.382 e. The number of nitrogens with one attached hydrogen (secondary N) is 1. The number of anilines is 1. The van der Waals surface area contributed by atoms with Gasteiger partial charge in [0.1, 0.15) is 11.6 Å². The summed E-state index contributed by atoms with van der Waals surface area (Å²) < 4.78 is 43.1. The summed E-state index contributed by atoms with van der Waals surface area (Å²) in [6.07, 6.45) is 2.76. The Morgan fingerprint density at radius 3 is 2.63 bits per heavy atom. The number of halogens is 1. The molecule has 1 saturated heterocycles. The Balaban J connectivity index is 1.75. The number of aromatic nitrogens is 2. The fourth-order valence-electron chi connectivity index (χ4n) is 3.60. The molecule has 3 N–H and O–H groups in total. The minimum atomic E-state index is -3.74. The molecular formula is C21H22FN5O2S. The Kier molecular flexibility index (Phi) is 5.50. The van der Waals surface area contributed by atoms with Crippen molar-refractivity contribution in [3.05, 3.63) is 60.7 Å². The first kappa shape index (κ1) is 20.4. The van der Waals surface area contributed by atoms with Gasteiger partial charge < -0.3 is 11.1 Å². The summed E-state index contributed by atoms with van der Waals surface area (Å²) in [6, 6.07) is 11.1. The average molecular weight is 428 g/mol. The Morgan fingerprint density at radius 2 is 1.93 bits per heavy atom. The third-order valence-electron chi connectivity index (χ3n) is 5.14. The van der Waals surface area contributed by atoms with Gasteiger partial charge in [-0.25, -0.2) is 17.8 Å². The van der Waals surface area contributed by atoms with Crippen molar-refractivity contribution in [3.63, 3.8) is 0 Å². The zero-order valence-electron chi connectivity index (χ0n) is 16.4. The van der Waals surface area contributed by atoms with Gasteiger partial charge in [-0.3, -0.25) is 4.98 Å². The zero-order valence-corrected chi connectivity index (χ0v) is 17.2. The quantitative estimate of drug-likeness (QED) is 0.664. The van der Waals surface area contributed by atoms with E-state index < -0.39 is 15.8 Å². The van der Waals surface area contributed by atoms with Crippen LogP contribution in [0.2, 0.25) is 0 Å². The van der Waals surface area contributed by atoms with Crippen LogP contribution in [-0.4, -0.2) is 48.4 Å². The van der Waals surface area contributed by atoms with Gasteiger partial charge in [0, 0.05) is 36.8 Å². The second-order valence-electron chi connectivity index (χ2n) is 7.19. The minimum absolute atomic E-state index is 0.165. The van der Waals surface area contributed by atoms with E-state index in [1.165, 1.54) is 22.8 Å². The smallest absolute Gasteiger partial charge is 0.244 e. The highest BCUT2D eigenvalue weighted by Crippen LogP contribution is 2.33. The number of hydrogen-bond acceptors (Lipinski definition) is 6. The summed E-state index contributed by atoms with van der Waals surface area (Å²) in [7, 11) is -3.74. The molecule has 156 valence electrons. The SMILES string of the molecule is CC1CNCCN1S(=O)(=O)c1ccccc1-c1ccc(-c2cnc(N)cn2)c(F)c1. The van der Waals surface area contributed by atoms with Crippen LogP contribution in [0.4, 0.5) is 10.2 Å². The van der Waals surface area contributed by atoms with Crippen molar-refractivity contribution >= 4 is 15.8 Å². The molecule has 1 aliphatic rings. The van der Waals surface area contributed by atoms with Gasteiger partial charge in [0.05, 0.1) is 23.0 Å². The van der Waals surface area contributed by atoms with E-state index in [1.807, 2.05) is 6.92 Å². The van der Waals surface area contributed by atoms with E-state index >= 15 is 0 Å². The Bertz CT molecular complexity index is 1170. The summed E-state index contributed by atoms with van der Waals surface area (Å²) in [5.41, 5.74) is 7.09. The van der Waals surface area contributed by atoms with E-state index in [0.717, 1.165) is 0 Å². The maximum absolute atomic E-state index is 14.9. The summed E-state index contributed by atoms with van der Waals surface area (Å²) in [6.45, 7) is 3.44. The zero-order chi connectivity index (χ0) is 21.3. The van der Waals surface area contributed by atoms with Crippen LogP contribution in [0.5, 0.6) is 0 Å². The van der Waals surface area contributed by atoms with E-state index in [2.05, 4.69) is 15.3 Å². The minimum Gasteiger partial charge on any atom is -0.382 e. The number of hydrogen-bond donors (Lipinski definition) is 2. The molecule has 4 rings (SSSR count). The van der Waals surface area contributed by atoms with Crippen LogP contribution in [0, 0.1) is 5.82 Å². The van der Waals surface area contributed by atoms with Crippen molar-refractivity contribution in [2.45, 2.75) is 17.9 Å². The molecule has 0 aliphatic carbocycles. The predicted molar refractivity (Wildman–Crippen MR) is 113 cm³/mol. The monoisotopic (exact) mass is 427 g/mol. The first-order valence-electron chi connectivity index (χ1n) is 9.57. The highest BCUT2D eigenvalue weighted by atomic mass is 32.2. The molecule has 1 atom stereocenters. The number of benzene rings is 2. The lowest BCUT2D eigenvalue weighted by Crippen LogP contribution is -2.52. The fraction of sp³-hybridized carbons (Fsp3) is 0.238. The highest BCUT2D eigenvalue weighted by molar-refractivity contribution is 7.89. The van der Waals surface area contributed by atoms with Crippen molar-refractivity contribution in [1.82, 2.24) is 19.6 Å². The lowest BCUT2D eigenvalue weighted by molar-refractivity contribution is 0.284. The van der Waals surface area contributed by atoms with Gasteiger partial charge in [0.15, 0.2) is 0 Å². The van der Waals surface area contributed by atoms with Gasteiger partial charge in [0.2, 0.25) is 10.0 Å². The fourth-order valence-corrected chi connectivity index (χ4v) is 5.45. The molecule has 1 unspecified atom stereocenters. The topological polar surface area (TPSA) is 101 Å². The van der Waals surface area contributed by atoms with E-state index in [0.29, 0.717) is 36.5 Å². The molecule has 7 nitrogen and oxygen atoms in total. The molecule has 0 spiro atoms. The standard InChI is InChI=1S/C21H22FN5O2S/c1-14-11-24-8-9-27(14)30(28,29)20-5-3-2-4-16(20)15-6-7-17(18(22)10-15)19-12-26-21(23)13-25-19/h2-7,10,12-14,24H,8-9,11H2,1H3,(H2,23,26). The van der Waals surface area contributed by atoms with Crippen molar-refractivity contribution in [3.8, 4) is 22.4 Å². The molecule has 9 heteroatoms. The van der Waals surface area contributed by atoms with Crippen molar-refractivity contribution in [2.75, 3.05) is 25.4 Å². The van der Waals surface area contributed by atoms with Crippen LogP contribution in [0.3, 0.4) is 0 Å². The second-order valence-corrected chi connectivity index (χ2v) is 9.05. The van der Waals surface area contributed by atoms with Crippen LogP contribution in [0.15, 0.2) is 59.8 Å². The van der Waals surface area contributed by atoms with Gasteiger partial charge >= 0.3 is 0 Å². The van der Waals surface area contributed by atoms with Crippen molar-refractivity contribution in [2.24, 2.45) is 0 Å². The van der Waals surface area contributed by atoms with Gasteiger partial charge in [0.25, 0.3) is 0 Å². The lowest BCUT2D eigenvalue weighted by Gasteiger charge is -2.33. The van der Waals surface area contributed by atoms with E-state index in [4.69, 9.17) is 5.73 Å². The third kappa shape index (κ3) is 3.79. The number of nitrogens with zero attached hydrogens (tertiary/aromatic N) is 3. The van der Waals surface area contributed by atoms with Gasteiger partial charge in [-0.15, -0.1) is 0 Å². The maximum atomic E-state index is 14.9. The number of nitrogen functional groups attached to an aromatic ring is 1. The molecule has 30 heavy (non-hydrogen) atoms. The molecule has 1 fully saturated rings. The van der Waals surface area contributed by atoms with Gasteiger partial charge in [-0.05, 0) is 30.7 Å². The van der Waals surface area contributed by atoms with Crippen LogP contribution in [0.1, 0.15) is 6.92 Å². The highest BCUT2D eigenvalue weighted by Gasteiger charge is 2.32. The van der Waals surface area contributed by atoms with Gasteiger partial charge in [-0.2, -0.15) is 4.31 Å². The average Bonchev–Trinajstić information content (AvgIpc) is 2.75. The van der Waals surface area contributed by atoms with E-state index in [1.54, 1.807) is 36.4 Å². The number of sulfonamides is 1. The Hall–Kier alpha value is -2.88. The molecule has 2 aromatic carbocycles. The van der Waals surface area contributed by atoms with Crippen LogP contribution >= 0.6 is 0 Å². The van der Waals surface area contributed by atoms with Crippen LogP contribution < -0.4 is 11.1 Å². The molecule has 0 amide bonds. The molecule has 2 heterocycles. The molecule has 1 aromatic heterocycles. The van der Waals surface area contributed by atoms with E-state index in [9.17, 15) is 12.8 Å². The summed E-state index contributed by atoms with van der Waals surface area (Å²) in [5.74, 6) is -0.272. The number of piperazine rings is 1. The Labute approximate surface area is 174 Å². The Morgan fingerprint density at radius 1 is 1.13 bits per heavy atom. The number of nitrogens with two attached hydrogens (primary N) is 1. The molecule has 0 radical (unpaired) electrons. The maximum Gasteiger partial charge on any atom is 0.244 e. The molecule has 0 saturated carbocycles. The summed E-state index contributed by atoms with van der Waals surface area (Å²) >= 11 is 0.